The molecule has 2 aromatic heterocycles. The Morgan fingerprint density at radius 3 is 1.52 bits per heavy atom. The number of nitrogens with zero attached hydrogens (tertiary/aromatic N) is 10. The second kappa shape index (κ2) is 11.5. The largest absolute Gasteiger partial charge is 0.692 e. The lowest BCUT2D eigenvalue weighted by Gasteiger charge is -2.05. The first-order valence-electron chi connectivity index (χ1n) is 12.8. The van der Waals surface area contributed by atoms with Gasteiger partial charge in [-0.1, -0.05) is 35.9 Å². The van der Waals surface area contributed by atoms with Crippen molar-refractivity contribution >= 4 is 44.8 Å². The minimum atomic E-state index is -0.804. The van der Waals surface area contributed by atoms with Gasteiger partial charge in [0.05, 0.1) is 54.2 Å². The highest BCUT2D eigenvalue weighted by molar-refractivity contribution is 5.85. The highest BCUT2D eigenvalue weighted by Crippen LogP contribution is 2.30. The van der Waals surface area contributed by atoms with Crippen molar-refractivity contribution < 1.29 is 29.4 Å². The molecule has 4 aromatic carbocycles. The fourth-order valence-corrected chi connectivity index (χ4v) is 4.42. The summed E-state index contributed by atoms with van der Waals surface area (Å²) in [5, 5.41) is 76.7. The van der Waals surface area contributed by atoms with Crippen LogP contribution in [0, 0.1) is 64.7 Å². The van der Waals surface area contributed by atoms with E-state index in [-0.39, 0.29) is 22.1 Å². The quantitative estimate of drug-likeness (QED) is 0.111. The molecule has 0 bridgehead atoms. The summed E-state index contributed by atoms with van der Waals surface area (Å²) < 4.78 is 0. The average Bonchev–Trinajstić information content (AvgIpc) is 3.53. The Morgan fingerprint density at radius 1 is 0.609 bits per heavy atom. The molecule has 0 aliphatic carbocycles. The molecule has 6 aromatic rings. The van der Waals surface area contributed by atoms with E-state index in [0.29, 0.717) is 21.1 Å². The van der Waals surface area contributed by atoms with Crippen LogP contribution in [-0.4, -0.2) is 39.5 Å². The SMILES string of the molecule is Cc1ccc(-n2nc3c([N+](=O)[O-])cc([N+](=O)[O-])cc3[n+]2[O-])cc1.Cc1ccccc1-n1nc2c([N+](=O)[O-])cc([N+](=O)[O-])cc2[n+]1[O-]. The monoisotopic (exact) mass is 630 g/mol. The molecule has 0 radical (unpaired) electrons. The number of rotatable bonds is 6. The lowest BCUT2D eigenvalue weighted by atomic mass is 10.2. The summed E-state index contributed by atoms with van der Waals surface area (Å²) in [6.45, 7) is 3.61. The number of hydrogen-bond donors (Lipinski definition) is 0. The molecule has 20 heteroatoms. The third-order valence-corrected chi connectivity index (χ3v) is 6.67. The maximum absolute atomic E-state index is 12.4. The number of nitro benzene ring substituents is 4. The topological polar surface area (TPSA) is 262 Å². The zero-order valence-corrected chi connectivity index (χ0v) is 23.5. The van der Waals surface area contributed by atoms with E-state index in [0.717, 1.165) is 45.0 Å². The van der Waals surface area contributed by atoms with E-state index in [1.165, 1.54) is 0 Å². The molecule has 0 aliphatic heterocycles. The van der Waals surface area contributed by atoms with Crippen molar-refractivity contribution in [2.24, 2.45) is 0 Å². The molecular weight excluding hydrogens is 612 g/mol. The van der Waals surface area contributed by atoms with Gasteiger partial charge in [-0.2, -0.15) is 0 Å². The van der Waals surface area contributed by atoms with Crippen LogP contribution in [0.2, 0.25) is 0 Å². The van der Waals surface area contributed by atoms with Crippen LogP contribution in [0.4, 0.5) is 22.7 Å². The number of aryl methyl sites for hydroxylation is 2. The first-order chi connectivity index (χ1) is 21.8. The van der Waals surface area contributed by atoms with Gasteiger partial charge >= 0.3 is 22.4 Å². The van der Waals surface area contributed by atoms with Gasteiger partial charge in [-0.3, -0.25) is 40.5 Å². The molecule has 46 heavy (non-hydrogen) atoms. The number of nitro groups is 4. The summed E-state index contributed by atoms with van der Waals surface area (Å²) in [4.78, 5) is 43.3. The normalized spacial score (nSPS) is 10.8. The maximum Gasteiger partial charge on any atom is 0.334 e. The van der Waals surface area contributed by atoms with E-state index >= 15 is 0 Å². The fraction of sp³-hybridized carbons (Fsp3) is 0.0769. The highest BCUT2D eigenvalue weighted by Gasteiger charge is 2.32. The van der Waals surface area contributed by atoms with Gasteiger partial charge in [0.15, 0.2) is 0 Å². The third-order valence-electron chi connectivity index (χ3n) is 6.67. The van der Waals surface area contributed by atoms with Gasteiger partial charge in [-0.15, -0.1) is 9.69 Å². The van der Waals surface area contributed by atoms with Gasteiger partial charge in [-0.25, -0.2) is 0 Å². The molecule has 6 rings (SSSR count). The number of fused-ring (bicyclic) bond motifs is 2. The Bertz CT molecular complexity index is 2230. The summed E-state index contributed by atoms with van der Waals surface area (Å²) in [6, 6.07) is 17.1. The van der Waals surface area contributed by atoms with E-state index in [4.69, 9.17) is 0 Å². The predicted molar refractivity (Wildman–Crippen MR) is 156 cm³/mol. The van der Waals surface area contributed by atoms with Crippen LogP contribution in [0.1, 0.15) is 11.1 Å². The van der Waals surface area contributed by atoms with Crippen molar-refractivity contribution in [1.29, 1.82) is 0 Å². The number of para-hydroxylation sites is 1. The molecule has 0 spiro atoms. The van der Waals surface area contributed by atoms with Crippen LogP contribution in [0.5, 0.6) is 0 Å². The van der Waals surface area contributed by atoms with Crippen LogP contribution in [0.3, 0.4) is 0 Å². The molecule has 0 N–H and O–H groups in total. The number of non-ortho nitro benzene ring substituents is 4. The molecular formula is C26H18N10O10. The zero-order valence-electron chi connectivity index (χ0n) is 23.5. The molecule has 0 atom stereocenters. The van der Waals surface area contributed by atoms with Crippen molar-refractivity contribution in [2.75, 3.05) is 0 Å². The molecule has 0 fully saturated rings. The second-order valence-corrected chi connectivity index (χ2v) is 9.64. The number of benzene rings is 4. The molecule has 20 nitrogen and oxygen atoms in total. The lowest BCUT2D eigenvalue weighted by Crippen LogP contribution is -2.37. The van der Waals surface area contributed by atoms with Crippen molar-refractivity contribution in [1.82, 2.24) is 19.8 Å². The molecule has 0 aliphatic rings. The maximum atomic E-state index is 12.4. The highest BCUT2D eigenvalue weighted by atomic mass is 16.6. The lowest BCUT2D eigenvalue weighted by molar-refractivity contribution is -0.664. The third kappa shape index (κ3) is 5.39. The van der Waals surface area contributed by atoms with Crippen LogP contribution in [0.15, 0.2) is 72.8 Å². The standard InChI is InChI=1S/2C13H9N5O5/c1-8-2-4-9(5-3-8)15-14-13-11(16(15)19)6-10(17(20)21)7-12(13)18(22)23;1-8-4-2-3-5-10(8)15-14-13-11(16(15)19)6-9(17(20)21)7-12(13)18(22)23/h2*2-7H,1H3. The summed E-state index contributed by atoms with van der Waals surface area (Å²) in [5.74, 6) is 0. The van der Waals surface area contributed by atoms with Crippen molar-refractivity contribution in [2.45, 2.75) is 13.8 Å². The van der Waals surface area contributed by atoms with E-state index in [9.17, 15) is 50.9 Å². The van der Waals surface area contributed by atoms with E-state index in [1.54, 1.807) is 55.5 Å². The number of aromatic nitrogens is 6. The van der Waals surface area contributed by atoms with Gasteiger partial charge in [-0.05, 0) is 47.2 Å². The van der Waals surface area contributed by atoms with Crippen molar-refractivity contribution in [3.8, 4) is 11.4 Å². The Hall–Kier alpha value is -7.12. The molecule has 0 amide bonds. The van der Waals surface area contributed by atoms with Gasteiger partial charge in [0.2, 0.25) is 11.0 Å². The minimum Gasteiger partial charge on any atom is -0.692 e. The van der Waals surface area contributed by atoms with Crippen LogP contribution >= 0.6 is 0 Å². The first-order valence-corrected chi connectivity index (χ1v) is 12.8. The van der Waals surface area contributed by atoms with E-state index in [2.05, 4.69) is 10.2 Å². The molecule has 232 valence electrons. The van der Waals surface area contributed by atoms with E-state index in [1.807, 2.05) is 6.92 Å². The summed E-state index contributed by atoms with van der Waals surface area (Å²) in [6.07, 6.45) is 0. The summed E-state index contributed by atoms with van der Waals surface area (Å²) >= 11 is 0. The molecule has 0 saturated heterocycles. The molecule has 0 unspecified atom stereocenters. The van der Waals surface area contributed by atoms with Gasteiger partial charge in [0, 0.05) is 0 Å². The van der Waals surface area contributed by atoms with Crippen LogP contribution in [0.25, 0.3) is 33.4 Å². The second-order valence-electron chi connectivity index (χ2n) is 9.64. The molecule has 0 saturated carbocycles. The molecule has 2 heterocycles. The van der Waals surface area contributed by atoms with Crippen LogP contribution < -0.4 is 9.69 Å². The Kier molecular flexibility index (Phi) is 7.60. The Labute approximate surface area is 254 Å². The van der Waals surface area contributed by atoms with Gasteiger partial charge in [0.25, 0.3) is 11.4 Å². The predicted octanol–water partition coefficient (Wildman–Crippen LogP) is 3.57. The van der Waals surface area contributed by atoms with Gasteiger partial charge in [0.1, 0.15) is 11.4 Å². The Balaban J connectivity index is 0.000000181. The minimum absolute atomic E-state index is 0.209. The summed E-state index contributed by atoms with van der Waals surface area (Å²) in [7, 11) is 0. The van der Waals surface area contributed by atoms with Gasteiger partial charge < -0.3 is 10.4 Å². The summed E-state index contributed by atoms with van der Waals surface area (Å²) in [5.41, 5.74) is -0.678. The Morgan fingerprint density at radius 2 is 1.07 bits per heavy atom. The van der Waals surface area contributed by atoms with Crippen molar-refractivity contribution in [3.05, 3.63) is 135 Å². The smallest absolute Gasteiger partial charge is 0.334 e. The van der Waals surface area contributed by atoms with E-state index < -0.39 is 42.4 Å². The average molecular weight is 630 g/mol. The first kappa shape index (κ1) is 30.3. The van der Waals surface area contributed by atoms with Crippen LogP contribution in [-0.2, 0) is 0 Å². The fourth-order valence-electron chi connectivity index (χ4n) is 4.42. The number of hydrogen-bond acceptors (Lipinski definition) is 12. The zero-order chi connectivity index (χ0) is 33.4. The van der Waals surface area contributed by atoms with Crippen molar-refractivity contribution in [3.63, 3.8) is 0 Å².